The van der Waals surface area contributed by atoms with Gasteiger partial charge in [0.05, 0.1) is 0 Å². The van der Waals surface area contributed by atoms with E-state index in [1.165, 1.54) is 19.3 Å². The highest BCUT2D eigenvalue weighted by molar-refractivity contribution is 5.15. The van der Waals surface area contributed by atoms with E-state index in [9.17, 15) is 10.1 Å². The van der Waals surface area contributed by atoms with Crippen molar-refractivity contribution < 1.29 is 9.92 Å². The van der Waals surface area contributed by atoms with Crippen LogP contribution in [0.1, 0.15) is 58.8 Å². The van der Waals surface area contributed by atoms with Crippen molar-refractivity contribution in [1.82, 2.24) is 0 Å². The van der Waals surface area contributed by atoms with Crippen LogP contribution >= 0.6 is 0 Å². The van der Waals surface area contributed by atoms with E-state index in [1.807, 2.05) is 0 Å². The van der Waals surface area contributed by atoms with Crippen LogP contribution in [-0.4, -0.2) is 18.2 Å². The van der Waals surface area contributed by atoms with Gasteiger partial charge in [0.25, 0.3) is 5.09 Å². The molecule has 0 spiro atoms. The highest BCUT2D eigenvalue weighted by Gasteiger charge is 2.65. The van der Waals surface area contributed by atoms with E-state index in [0.717, 1.165) is 32.2 Å². The summed E-state index contributed by atoms with van der Waals surface area (Å²) in [6.07, 6.45) is 8.02. The number of rotatable bonds is 5. The molecule has 4 bridgehead atoms. The molecule has 0 aliphatic heterocycles. The minimum absolute atomic E-state index is 0.000486. The second kappa shape index (κ2) is 4.09. The molecule has 0 aromatic heterocycles. The molecule has 4 fully saturated rings. The van der Waals surface area contributed by atoms with Gasteiger partial charge in [0.1, 0.15) is 6.61 Å². The fourth-order valence-corrected chi connectivity index (χ4v) is 7.11. The van der Waals surface area contributed by atoms with E-state index in [2.05, 4.69) is 13.8 Å². The van der Waals surface area contributed by atoms with Gasteiger partial charge in [0.15, 0.2) is 0 Å². The first kappa shape index (κ1) is 14.1. The van der Waals surface area contributed by atoms with Gasteiger partial charge in [0, 0.05) is 0 Å². The van der Waals surface area contributed by atoms with E-state index < -0.39 is 5.09 Å². The maximum atomic E-state index is 10.6. The van der Waals surface area contributed by atoms with Crippen LogP contribution in [0.3, 0.4) is 0 Å². The molecule has 5 nitrogen and oxygen atoms in total. The monoisotopic (exact) mass is 282 g/mol. The van der Waals surface area contributed by atoms with Gasteiger partial charge in [-0.15, -0.1) is 10.1 Å². The molecule has 4 rings (SSSR count). The van der Waals surface area contributed by atoms with E-state index in [0.29, 0.717) is 16.2 Å². The zero-order valence-corrected chi connectivity index (χ0v) is 12.6. The summed E-state index contributed by atoms with van der Waals surface area (Å²) in [4.78, 5) is 15.5. The lowest BCUT2D eigenvalue weighted by Crippen LogP contribution is -2.61. The Morgan fingerprint density at radius 1 is 1.05 bits per heavy atom. The predicted molar refractivity (Wildman–Crippen MR) is 75.4 cm³/mol. The van der Waals surface area contributed by atoms with Gasteiger partial charge in [-0.05, 0) is 73.2 Å². The molecule has 5 heteroatoms. The molecule has 0 aromatic carbocycles. The summed E-state index contributed by atoms with van der Waals surface area (Å²) in [5.41, 5.74) is 6.80. The molecule has 4 saturated carbocycles. The Morgan fingerprint density at radius 2 is 1.60 bits per heavy atom. The van der Waals surface area contributed by atoms with Gasteiger partial charge in [-0.25, -0.2) is 0 Å². The number of nitrogens with two attached hydrogens (primary N) is 1. The lowest BCUT2D eigenvalue weighted by Gasteiger charge is -2.69. The summed E-state index contributed by atoms with van der Waals surface area (Å²) in [6, 6.07) is 0. The van der Waals surface area contributed by atoms with Crippen LogP contribution in [0.25, 0.3) is 0 Å². The summed E-state index contributed by atoms with van der Waals surface area (Å²) < 4.78 is 0. The normalized spacial score (nSPS) is 49.4. The summed E-state index contributed by atoms with van der Waals surface area (Å²) >= 11 is 0. The average Bonchev–Trinajstić information content (AvgIpc) is 2.21. The molecule has 4 aliphatic carbocycles. The standard InChI is InChI=1S/C15H26N2O3/c1-12-5-13(2)7-14(6-12,3-4-16)10-15(8-12,9-13)11-20-17(18)19/h3-11,16H2,1-2H3/t12-,13+,14?,15?. The van der Waals surface area contributed by atoms with E-state index in [-0.39, 0.29) is 12.0 Å². The number of nitrogens with zero attached hydrogens (tertiary/aromatic N) is 1. The van der Waals surface area contributed by atoms with Crippen molar-refractivity contribution in [2.45, 2.75) is 58.8 Å². The van der Waals surface area contributed by atoms with E-state index >= 15 is 0 Å². The Morgan fingerprint density at radius 3 is 2.10 bits per heavy atom. The van der Waals surface area contributed by atoms with Crippen molar-refractivity contribution in [3.05, 3.63) is 10.1 Å². The van der Waals surface area contributed by atoms with Crippen LogP contribution in [-0.2, 0) is 4.84 Å². The molecule has 4 atom stereocenters. The third kappa shape index (κ3) is 2.20. The Bertz CT molecular complexity index is 419. The Balaban J connectivity index is 1.91. The summed E-state index contributed by atoms with van der Waals surface area (Å²) in [5.74, 6) is 0. The Hall–Kier alpha value is -0.840. The second-order valence-corrected chi connectivity index (χ2v) is 8.72. The second-order valence-electron chi connectivity index (χ2n) is 8.72. The quantitative estimate of drug-likeness (QED) is 0.621. The van der Waals surface area contributed by atoms with Crippen LogP contribution < -0.4 is 5.73 Å². The molecule has 0 aromatic rings. The zero-order chi connectivity index (χ0) is 14.6. The number of hydrogen-bond acceptors (Lipinski definition) is 4. The minimum atomic E-state index is -0.626. The molecule has 0 heterocycles. The zero-order valence-electron chi connectivity index (χ0n) is 12.6. The maximum Gasteiger partial charge on any atom is 0.294 e. The third-order valence-electron chi connectivity index (χ3n) is 5.96. The van der Waals surface area contributed by atoms with Crippen molar-refractivity contribution in [3.8, 4) is 0 Å². The van der Waals surface area contributed by atoms with Crippen LogP contribution in [0.4, 0.5) is 0 Å². The Labute approximate surface area is 120 Å². The van der Waals surface area contributed by atoms with Crippen molar-refractivity contribution >= 4 is 0 Å². The summed E-state index contributed by atoms with van der Waals surface area (Å²) in [6.45, 7) is 5.74. The fourth-order valence-electron chi connectivity index (χ4n) is 7.11. The topological polar surface area (TPSA) is 78.4 Å². The average molecular weight is 282 g/mol. The summed E-state index contributed by atoms with van der Waals surface area (Å²) in [5, 5.41) is 9.99. The molecular formula is C15H26N2O3. The first-order chi connectivity index (χ1) is 9.22. The number of hydrogen-bond donors (Lipinski definition) is 1. The third-order valence-corrected chi connectivity index (χ3v) is 5.96. The van der Waals surface area contributed by atoms with Crippen molar-refractivity contribution in [1.29, 1.82) is 0 Å². The van der Waals surface area contributed by atoms with E-state index in [1.54, 1.807) is 0 Å². The van der Waals surface area contributed by atoms with Crippen molar-refractivity contribution in [2.24, 2.45) is 27.4 Å². The molecule has 0 saturated heterocycles. The van der Waals surface area contributed by atoms with Crippen LogP contribution in [0, 0.1) is 31.8 Å². The molecule has 0 amide bonds. The van der Waals surface area contributed by atoms with Gasteiger partial charge in [0.2, 0.25) is 0 Å². The summed E-state index contributed by atoms with van der Waals surface area (Å²) in [7, 11) is 0. The largest absolute Gasteiger partial charge is 0.330 e. The van der Waals surface area contributed by atoms with Gasteiger partial charge in [-0.2, -0.15) is 0 Å². The lowest BCUT2D eigenvalue weighted by atomic mass is 9.36. The van der Waals surface area contributed by atoms with Gasteiger partial charge in [-0.1, -0.05) is 13.8 Å². The van der Waals surface area contributed by atoms with Crippen LogP contribution in [0.2, 0.25) is 0 Å². The predicted octanol–water partition coefficient (Wildman–Crippen LogP) is 2.91. The Kier molecular flexibility index (Phi) is 2.89. The minimum Gasteiger partial charge on any atom is -0.330 e. The van der Waals surface area contributed by atoms with Gasteiger partial charge in [-0.3, -0.25) is 0 Å². The molecule has 4 aliphatic rings. The first-order valence-corrected chi connectivity index (χ1v) is 7.69. The van der Waals surface area contributed by atoms with Crippen LogP contribution in [0.5, 0.6) is 0 Å². The van der Waals surface area contributed by atoms with E-state index in [4.69, 9.17) is 10.6 Å². The highest BCUT2D eigenvalue weighted by Crippen LogP contribution is 2.74. The molecular weight excluding hydrogens is 256 g/mol. The highest BCUT2D eigenvalue weighted by atomic mass is 16.9. The lowest BCUT2D eigenvalue weighted by molar-refractivity contribution is -0.761. The molecule has 2 unspecified atom stereocenters. The molecule has 2 N–H and O–H groups in total. The first-order valence-electron chi connectivity index (χ1n) is 7.69. The van der Waals surface area contributed by atoms with Crippen LogP contribution in [0.15, 0.2) is 0 Å². The van der Waals surface area contributed by atoms with Gasteiger partial charge >= 0.3 is 0 Å². The SMILES string of the molecule is C[C@]12CC3(CCN)CC(CO[N+](=O)[O-])(C1)C[C@@](C)(C3)C2. The van der Waals surface area contributed by atoms with Crippen molar-refractivity contribution in [2.75, 3.05) is 13.2 Å². The van der Waals surface area contributed by atoms with Gasteiger partial charge < -0.3 is 10.6 Å². The molecule has 0 radical (unpaired) electrons. The molecule has 20 heavy (non-hydrogen) atoms. The fraction of sp³-hybridized carbons (Fsp3) is 1.00. The smallest absolute Gasteiger partial charge is 0.294 e. The maximum absolute atomic E-state index is 10.6. The van der Waals surface area contributed by atoms with Crippen molar-refractivity contribution in [3.63, 3.8) is 0 Å². The molecule has 114 valence electrons.